The first-order chi connectivity index (χ1) is 18.9. The van der Waals surface area contributed by atoms with Crippen molar-refractivity contribution < 1.29 is 17.9 Å². The highest BCUT2D eigenvalue weighted by Gasteiger charge is 2.23. The Balaban J connectivity index is 1.31. The SMILES string of the molecule is CCCc1ccc(OCCCc2c(C(=O)NS(=O)(=O)Cc3ccccc3)sc3ccccc23)c2ccccc12. The van der Waals surface area contributed by atoms with E-state index in [2.05, 4.69) is 35.9 Å². The maximum Gasteiger partial charge on any atom is 0.275 e. The summed E-state index contributed by atoms with van der Waals surface area (Å²) in [6.45, 7) is 2.66. The van der Waals surface area contributed by atoms with Crippen LogP contribution in [-0.2, 0) is 28.6 Å². The minimum Gasteiger partial charge on any atom is -0.493 e. The number of sulfonamides is 1. The molecule has 39 heavy (non-hydrogen) atoms. The van der Waals surface area contributed by atoms with Crippen LogP contribution in [0.25, 0.3) is 20.9 Å². The largest absolute Gasteiger partial charge is 0.493 e. The molecule has 1 heterocycles. The van der Waals surface area contributed by atoms with Crippen LogP contribution in [0.5, 0.6) is 5.75 Å². The molecule has 0 spiro atoms. The maximum atomic E-state index is 13.2. The average Bonchev–Trinajstić information content (AvgIpc) is 3.31. The van der Waals surface area contributed by atoms with Crippen molar-refractivity contribution in [1.82, 2.24) is 4.72 Å². The highest BCUT2D eigenvalue weighted by atomic mass is 32.2. The van der Waals surface area contributed by atoms with Gasteiger partial charge in [0.2, 0.25) is 10.0 Å². The monoisotopic (exact) mass is 557 g/mol. The molecule has 4 aromatic carbocycles. The van der Waals surface area contributed by atoms with E-state index in [1.165, 1.54) is 22.3 Å². The molecule has 1 N–H and O–H groups in total. The number of fused-ring (bicyclic) bond motifs is 2. The third kappa shape index (κ3) is 6.32. The first-order valence-electron chi connectivity index (χ1n) is 13.2. The van der Waals surface area contributed by atoms with Crippen LogP contribution in [0.3, 0.4) is 0 Å². The highest BCUT2D eigenvalue weighted by Crippen LogP contribution is 2.33. The fraction of sp³-hybridized carbons (Fsp3) is 0.219. The second kappa shape index (κ2) is 12.0. The highest BCUT2D eigenvalue weighted by molar-refractivity contribution is 7.89. The topological polar surface area (TPSA) is 72.5 Å². The van der Waals surface area contributed by atoms with E-state index in [-0.39, 0.29) is 5.75 Å². The summed E-state index contributed by atoms with van der Waals surface area (Å²) in [6, 6.07) is 29.2. The van der Waals surface area contributed by atoms with E-state index in [0.717, 1.165) is 39.6 Å². The van der Waals surface area contributed by atoms with Crippen LogP contribution in [-0.4, -0.2) is 20.9 Å². The van der Waals surface area contributed by atoms with Crippen molar-refractivity contribution in [2.75, 3.05) is 6.61 Å². The van der Waals surface area contributed by atoms with Crippen LogP contribution in [0.1, 0.15) is 46.1 Å². The molecule has 5 nitrogen and oxygen atoms in total. The summed E-state index contributed by atoms with van der Waals surface area (Å²) in [6.07, 6.45) is 3.39. The molecule has 0 radical (unpaired) electrons. The van der Waals surface area contributed by atoms with Gasteiger partial charge in [-0.2, -0.15) is 0 Å². The van der Waals surface area contributed by atoms with Gasteiger partial charge in [0.25, 0.3) is 5.91 Å². The van der Waals surface area contributed by atoms with E-state index < -0.39 is 15.9 Å². The number of carbonyl (C=O) groups excluding carboxylic acids is 1. The Hall–Kier alpha value is -3.68. The van der Waals surface area contributed by atoms with E-state index in [9.17, 15) is 13.2 Å². The molecule has 0 aliphatic heterocycles. The standard InChI is InChI=1S/C32H31NO4S2/c1-2-11-24-19-20-29(26-15-7-6-14-25(24)26)37-21-10-17-28-27-16-8-9-18-30(27)38-31(28)32(34)33-39(35,36)22-23-12-4-3-5-13-23/h3-9,12-16,18-20H,2,10-11,17,21-22H2,1H3,(H,33,34). The van der Waals surface area contributed by atoms with Gasteiger partial charge in [-0.25, -0.2) is 13.1 Å². The van der Waals surface area contributed by atoms with Crippen molar-refractivity contribution in [3.05, 3.63) is 113 Å². The number of hydrogen-bond acceptors (Lipinski definition) is 5. The van der Waals surface area contributed by atoms with Crippen LogP contribution in [0.2, 0.25) is 0 Å². The van der Waals surface area contributed by atoms with Gasteiger partial charge in [-0.15, -0.1) is 11.3 Å². The van der Waals surface area contributed by atoms with Gasteiger partial charge < -0.3 is 4.74 Å². The first kappa shape index (κ1) is 26.9. The fourth-order valence-corrected chi connectivity index (χ4v) is 7.23. The van der Waals surface area contributed by atoms with Crippen LogP contribution < -0.4 is 9.46 Å². The number of ether oxygens (including phenoxy) is 1. The third-order valence-electron chi connectivity index (χ3n) is 6.67. The number of aryl methyl sites for hydroxylation is 2. The lowest BCUT2D eigenvalue weighted by Crippen LogP contribution is -2.31. The minimum absolute atomic E-state index is 0.251. The van der Waals surface area contributed by atoms with Gasteiger partial charge in [0.05, 0.1) is 17.2 Å². The number of amides is 1. The van der Waals surface area contributed by atoms with E-state index >= 15 is 0 Å². The molecule has 0 aliphatic rings. The minimum atomic E-state index is -3.84. The summed E-state index contributed by atoms with van der Waals surface area (Å²) < 4.78 is 35.0. The molecule has 5 rings (SSSR count). The number of nitrogens with one attached hydrogen (secondary N) is 1. The molecule has 0 atom stereocenters. The zero-order chi connectivity index (χ0) is 27.2. The summed E-state index contributed by atoms with van der Waals surface area (Å²) >= 11 is 1.32. The van der Waals surface area contributed by atoms with Gasteiger partial charge in [-0.1, -0.05) is 92.2 Å². The lowest BCUT2D eigenvalue weighted by atomic mass is 10.0. The molecular formula is C32H31NO4S2. The van der Waals surface area contributed by atoms with Crippen molar-refractivity contribution in [1.29, 1.82) is 0 Å². The molecule has 0 saturated heterocycles. The Kier molecular flexibility index (Phi) is 8.29. The average molecular weight is 558 g/mol. The zero-order valence-corrected chi connectivity index (χ0v) is 23.5. The third-order valence-corrected chi connectivity index (χ3v) is 9.10. The lowest BCUT2D eigenvalue weighted by molar-refractivity contribution is 0.0984. The Morgan fingerprint density at radius 1 is 0.821 bits per heavy atom. The molecule has 200 valence electrons. The summed E-state index contributed by atoms with van der Waals surface area (Å²) in [5.41, 5.74) is 2.81. The molecule has 1 amide bonds. The molecule has 0 saturated carbocycles. The predicted octanol–water partition coefficient (Wildman–Crippen LogP) is 7.28. The molecular weight excluding hydrogens is 526 g/mol. The summed E-state index contributed by atoms with van der Waals surface area (Å²) in [4.78, 5) is 13.6. The van der Waals surface area contributed by atoms with Gasteiger partial charge in [-0.05, 0) is 58.9 Å². The number of carbonyl (C=O) groups is 1. The summed E-state index contributed by atoms with van der Waals surface area (Å²) in [5.74, 6) is 0.0183. The van der Waals surface area contributed by atoms with Crippen LogP contribution in [0.4, 0.5) is 0 Å². The van der Waals surface area contributed by atoms with Gasteiger partial charge in [-0.3, -0.25) is 4.79 Å². The normalized spacial score (nSPS) is 11.6. The van der Waals surface area contributed by atoms with Gasteiger partial charge in [0, 0.05) is 10.1 Å². The Bertz CT molecular complexity index is 1710. The number of hydrogen-bond donors (Lipinski definition) is 1. The molecule has 0 bridgehead atoms. The molecule has 5 aromatic rings. The van der Waals surface area contributed by atoms with E-state index in [0.29, 0.717) is 29.9 Å². The van der Waals surface area contributed by atoms with Gasteiger partial charge >= 0.3 is 0 Å². The van der Waals surface area contributed by atoms with Crippen molar-refractivity contribution in [2.24, 2.45) is 0 Å². The quantitative estimate of drug-likeness (QED) is 0.173. The van der Waals surface area contributed by atoms with Gasteiger partial charge in [0.1, 0.15) is 5.75 Å². The van der Waals surface area contributed by atoms with Crippen molar-refractivity contribution in [3.8, 4) is 5.75 Å². The molecule has 1 aromatic heterocycles. The van der Waals surface area contributed by atoms with Crippen molar-refractivity contribution in [3.63, 3.8) is 0 Å². The maximum absolute atomic E-state index is 13.2. The summed E-state index contributed by atoms with van der Waals surface area (Å²) in [7, 11) is -3.84. The first-order valence-corrected chi connectivity index (χ1v) is 15.6. The Labute approximate surface area is 233 Å². The Morgan fingerprint density at radius 2 is 1.51 bits per heavy atom. The molecule has 0 fully saturated rings. The number of thiophene rings is 1. The molecule has 0 aliphatic carbocycles. The number of benzene rings is 4. The van der Waals surface area contributed by atoms with E-state index in [1.54, 1.807) is 24.3 Å². The molecule has 7 heteroatoms. The van der Waals surface area contributed by atoms with Gasteiger partial charge in [0.15, 0.2) is 0 Å². The zero-order valence-electron chi connectivity index (χ0n) is 21.9. The lowest BCUT2D eigenvalue weighted by Gasteiger charge is -2.13. The second-order valence-corrected chi connectivity index (χ2v) is 12.3. The Morgan fingerprint density at radius 3 is 2.28 bits per heavy atom. The second-order valence-electron chi connectivity index (χ2n) is 9.55. The molecule has 0 unspecified atom stereocenters. The number of rotatable bonds is 11. The van der Waals surface area contributed by atoms with Crippen LogP contribution in [0, 0.1) is 0 Å². The fourth-order valence-electron chi connectivity index (χ4n) is 4.93. The smallest absolute Gasteiger partial charge is 0.275 e. The summed E-state index contributed by atoms with van der Waals surface area (Å²) in [5, 5.41) is 3.30. The van der Waals surface area contributed by atoms with E-state index in [4.69, 9.17) is 4.74 Å². The van der Waals surface area contributed by atoms with E-state index in [1.807, 2.05) is 42.5 Å². The van der Waals surface area contributed by atoms with Crippen LogP contribution >= 0.6 is 11.3 Å². The van der Waals surface area contributed by atoms with Crippen molar-refractivity contribution in [2.45, 2.75) is 38.4 Å². The van der Waals surface area contributed by atoms with Crippen LogP contribution in [0.15, 0.2) is 91.0 Å². The predicted molar refractivity (Wildman–Crippen MR) is 160 cm³/mol. The van der Waals surface area contributed by atoms with Crippen molar-refractivity contribution >= 4 is 48.1 Å².